The highest BCUT2D eigenvalue weighted by molar-refractivity contribution is 5.99. The van der Waals surface area contributed by atoms with Gasteiger partial charge in [0.1, 0.15) is 23.7 Å². The van der Waals surface area contributed by atoms with Crippen LogP contribution in [0.5, 0.6) is 0 Å². The molecule has 0 bridgehead atoms. The van der Waals surface area contributed by atoms with Crippen LogP contribution in [0.1, 0.15) is 45.9 Å². The van der Waals surface area contributed by atoms with Crippen LogP contribution in [-0.4, -0.2) is 43.1 Å². The van der Waals surface area contributed by atoms with Crippen molar-refractivity contribution in [3.8, 4) is 0 Å². The number of nitrogens with zero attached hydrogens (tertiary/aromatic N) is 4. The molecule has 2 unspecified atom stereocenters. The molecule has 0 aromatic carbocycles. The van der Waals surface area contributed by atoms with Crippen molar-refractivity contribution < 1.29 is 9.59 Å². The average molecular weight is 293 g/mol. The Morgan fingerprint density at radius 3 is 2.62 bits per heavy atom. The summed E-state index contributed by atoms with van der Waals surface area (Å²) in [5.74, 6) is 0.544. The molecule has 1 aromatic heterocycles. The minimum Gasteiger partial charge on any atom is -0.342 e. The first kappa shape index (κ1) is 15.5. The Labute approximate surface area is 124 Å². The molecule has 2 atom stereocenters. The van der Waals surface area contributed by atoms with E-state index in [2.05, 4.69) is 15.4 Å². The number of piperazine rings is 1. The van der Waals surface area contributed by atoms with E-state index in [0.717, 1.165) is 6.42 Å². The Balaban J connectivity index is 2.32. The van der Waals surface area contributed by atoms with Crippen molar-refractivity contribution in [2.45, 2.75) is 58.2 Å². The number of aromatic nitrogens is 3. The van der Waals surface area contributed by atoms with E-state index in [1.54, 1.807) is 23.6 Å². The number of nitrogens with one attached hydrogen (secondary N) is 1. The van der Waals surface area contributed by atoms with Crippen molar-refractivity contribution in [2.24, 2.45) is 7.05 Å². The van der Waals surface area contributed by atoms with Crippen molar-refractivity contribution in [1.82, 2.24) is 25.0 Å². The van der Waals surface area contributed by atoms with Gasteiger partial charge in [-0.3, -0.25) is 14.3 Å². The van der Waals surface area contributed by atoms with Gasteiger partial charge >= 0.3 is 0 Å². The Kier molecular flexibility index (Phi) is 4.29. The summed E-state index contributed by atoms with van der Waals surface area (Å²) in [5.41, 5.74) is -0.840. The summed E-state index contributed by atoms with van der Waals surface area (Å²) in [6.45, 7) is 6.02. The van der Waals surface area contributed by atoms with Crippen molar-refractivity contribution in [2.75, 3.05) is 0 Å². The molecule has 0 spiro atoms. The molecule has 1 N–H and O–H groups in total. The van der Waals surface area contributed by atoms with Crippen LogP contribution in [0, 0.1) is 0 Å². The van der Waals surface area contributed by atoms with Crippen LogP contribution in [0.2, 0.25) is 0 Å². The molecular weight excluding hydrogens is 270 g/mol. The van der Waals surface area contributed by atoms with Crippen LogP contribution in [0.25, 0.3) is 0 Å². The number of carbonyl (C=O) groups excluding carboxylic acids is 2. The minimum atomic E-state index is -0.840. The molecule has 0 radical (unpaired) electrons. The van der Waals surface area contributed by atoms with Crippen LogP contribution in [-0.2, 0) is 23.2 Å². The molecule has 7 nitrogen and oxygen atoms in total. The molecule has 0 aliphatic carbocycles. The second kappa shape index (κ2) is 5.83. The van der Waals surface area contributed by atoms with Crippen LogP contribution >= 0.6 is 0 Å². The number of amides is 2. The summed E-state index contributed by atoms with van der Waals surface area (Å²) in [5, 5.41) is 6.88. The molecule has 1 aliphatic heterocycles. The van der Waals surface area contributed by atoms with E-state index in [9.17, 15) is 9.59 Å². The molecule has 21 heavy (non-hydrogen) atoms. The van der Waals surface area contributed by atoms with E-state index in [1.165, 1.54) is 6.33 Å². The first-order valence-corrected chi connectivity index (χ1v) is 7.39. The molecule has 7 heteroatoms. The summed E-state index contributed by atoms with van der Waals surface area (Å²) in [4.78, 5) is 31.0. The van der Waals surface area contributed by atoms with Gasteiger partial charge in [0.25, 0.3) is 0 Å². The Morgan fingerprint density at radius 1 is 1.38 bits per heavy atom. The van der Waals surface area contributed by atoms with Gasteiger partial charge in [-0.1, -0.05) is 20.3 Å². The monoisotopic (exact) mass is 293 g/mol. The highest BCUT2D eigenvalue weighted by atomic mass is 16.2. The zero-order chi connectivity index (χ0) is 15.6. The fourth-order valence-electron chi connectivity index (χ4n) is 2.62. The van der Waals surface area contributed by atoms with Gasteiger partial charge in [-0.25, -0.2) is 4.98 Å². The summed E-state index contributed by atoms with van der Waals surface area (Å²) in [6.07, 6.45) is 3.51. The lowest BCUT2D eigenvalue weighted by Gasteiger charge is -2.45. The molecule has 2 heterocycles. The van der Waals surface area contributed by atoms with Gasteiger partial charge in [0.15, 0.2) is 0 Å². The summed E-state index contributed by atoms with van der Waals surface area (Å²) >= 11 is 0. The standard InChI is InChI=1S/C14H23N5O2/c1-5-7-10-12(20)19(8-11-15-9-16-18(11)4)14(3,6-2)13(21)17-10/h9-10H,5-8H2,1-4H3,(H,17,21). The zero-order valence-electron chi connectivity index (χ0n) is 13.1. The van der Waals surface area contributed by atoms with Crippen LogP contribution in [0.4, 0.5) is 0 Å². The number of hydrogen-bond acceptors (Lipinski definition) is 4. The maximum Gasteiger partial charge on any atom is 0.246 e. The SMILES string of the molecule is CCCC1NC(=O)C(C)(CC)N(Cc2ncnn2C)C1=O. The second-order valence-electron chi connectivity index (χ2n) is 5.67. The first-order valence-electron chi connectivity index (χ1n) is 7.39. The van der Waals surface area contributed by atoms with E-state index in [4.69, 9.17) is 0 Å². The molecule has 1 fully saturated rings. The van der Waals surface area contributed by atoms with E-state index in [1.807, 2.05) is 13.8 Å². The molecule has 1 aliphatic rings. The highest BCUT2D eigenvalue weighted by Crippen LogP contribution is 2.27. The van der Waals surface area contributed by atoms with Crippen molar-refractivity contribution in [1.29, 1.82) is 0 Å². The Hall–Kier alpha value is -1.92. The predicted octanol–water partition coefficient (Wildman–Crippen LogP) is 0.611. The summed E-state index contributed by atoms with van der Waals surface area (Å²) < 4.78 is 1.63. The Bertz CT molecular complexity index is 541. The van der Waals surface area contributed by atoms with Gasteiger partial charge in [0.05, 0.1) is 6.54 Å². The van der Waals surface area contributed by atoms with E-state index in [0.29, 0.717) is 25.2 Å². The number of rotatable bonds is 5. The minimum absolute atomic E-state index is 0.0381. The Morgan fingerprint density at radius 2 is 2.10 bits per heavy atom. The third-order valence-electron chi connectivity index (χ3n) is 4.32. The smallest absolute Gasteiger partial charge is 0.246 e. The van der Waals surface area contributed by atoms with Crippen LogP contribution in [0.3, 0.4) is 0 Å². The largest absolute Gasteiger partial charge is 0.342 e. The third-order valence-corrected chi connectivity index (χ3v) is 4.32. The molecule has 1 saturated heterocycles. The molecular formula is C14H23N5O2. The maximum absolute atomic E-state index is 12.7. The predicted molar refractivity (Wildman–Crippen MR) is 77.1 cm³/mol. The van der Waals surface area contributed by atoms with E-state index < -0.39 is 11.6 Å². The number of hydrogen-bond donors (Lipinski definition) is 1. The lowest BCUT2D eigenvalue weighted by Crippen LogP contribution is -2.69. The molecule has 0 saturated carbocycles. The molecule has 1 aromatic rings. The third kappa shape index (κ3) is 2.64. The summed E-state index contributed by atoms with van der Waals surface area (Å²) in [6, 6.07) is -0.435. The van der Waals surface area contributed by atoms with E-state index >= 15 is 0 Å². The van der Waals surface area contributed by atoms with Crippen molar-refractivity contribution in [3.63, 3.8) is 0 Å². The second-order valence-corrected chi connectivity index (χ2v) is 5.67. The fourth-order valence-corrected chi connectivity index (χ4v) is 2.62. The van der Waals surface area contributed by atoms with E-state index in [-0.39, 0.29) is 11.8 Å². The first-order chi connectivity index (χ1) is 9.93. The topological polar surface area (TPSA) is 80.1 Å². The lowest BCUT2D eigenvalue weighted by molar-refractivity contribution is -0.158. The fraction of sp³-hybridized carbons (Fsp3) is 0.714. The van der Waals surface area contributed by atoms with Gasteiger partial charge in [-0.2, -0.15) is 5.10 Å². The van der Waals surface area contributed by atoms with Gasteiger partial charge in [0, 0.05) is 7.05 Å². The quantitative estimate of drug-likeness (QED) is 0.862. The number of carbonyl (C=O) groups is 2. The normalized spacial score (nSPS) is 26.1. The lowest BCUT2D eigenvalue weighted by atomic mass is 9.89. The van der Waals surface area contributed by atoms with Crippen molar-refractivity contribution >= 4 is 11.8 Å². The zero-order valence-corrected chi connectivity index (χ0v) is 13.1. The van der Waals surface area contributed by atoms with Crippen LogP contribution < -0.4 is 5.32 Å². The molecule has 2 amide bonds. The summed E-state index contributed by atoms with van der Waals surface area (Å²) in [7, 11) is 1.78. The molecule has 2 rings (SSSR count). The molecule has 116 valence electrons. The maximum atomic E-state index is 12.7. The van der Waals surface area contributed by atoms with Crippen LogP contribution in [0.15, 0.2) is 6.33 Å². The van der Waals surface area contributed by atoms with Gasteiger partial charge in [-0.05, 0) is 19.8 Å². The number of aryl methyl sites for hydroxylation is 1. The van der Waals surface area contributed by atoms with Gasteiger partial charge in [-0.15, -0.1) is 0 Å². The highest BCUT2D eigenvalue weighted by Gasteiger charge is 2.48. The van der Waals surface area contributed by atoms with Gasteiger partial charge < -0.3 is 10.2 Å². The van der Waals surface area contributed by atoms with Gasteiger partial charge in [0.2, 0.25) is 11.8 Å². The average Bonchev–Trinajstić information content (AvgIpc) is 2.86. The van der Waals surface area contributed by atoms with Crippen molar-refractivity contribution in [3.05, 3.63) is 12.2 Å².